The first-order valence-corrected chi connectivity index (χ1v) is 7.05. The van der Waals surface area contributed by atoms with Crippen LogP contribution in [0.1, 0.15) is 18.4 Å². The molecule has 3 heteroatoms. The predicted molar refractivity (Wildman–Crippen MR) is 67.5 cm³/mol. The summed E-state index contributed by atoms with van der Waals surface area (Å²) in [5.74, 6) is 0.599. The SMILES string of the molecule is CSc1ccc(CC2CCCNC2)cc1F. The van der Waals surface area contributed by atoms with Gasteiger partial charge in [0.2, 0.25) is 0 Å². The fourth-order valence-electron chi connectivity index (χ4n) is 2.27. The zero-order chi connectivity index (χ0) is 11.4. The van der Waals surface area contributed by atoms with Crippen LogP contribution in [0.5, 0.6) is 0 Å². The van der Waals surface area contributed by atoms with Crippen LogP contribution in [-0.4, -0.2) is 19.3 Å². The molecule has 88 valence electrons. The molecule has 1 saturated heterocycles. The van der Waals surface area contributed by atoms with Gasteiger partial charge in [0.25, 0.3) is 0 Å². The van der Waals surface area contributed by atoms with Gasteiger partial charge >= 0.3 is 0 Å². The number of halogens is 1. The highest BCUT2D eigenvalue weighted by molar-refractivity contribution is 7.98. The molecule has 1 heterocycles. The highest BCUT2D eigenvalue weighted by atomic mass is 32.2. The molecule has 1 fully saturated rings. The maximum Gasteiger partial charge on any atom is 0.137 e. The molecule has 1 nitrogen and oxygen atoms in total. The van der Waals surface area contributed by atoms with Gasteiger partial charge in [-0.05, 0) is 62.2 Å². The normalized spacial score (nSPS) is 21.0. The average Bonchev–Trinajstić information content (AvgIpc) is 2.31. The topological polar surface area (TPSA) is 12.0 Å². The van der Waals surface area contributed by atoms with Gasteiger partial charge in [-0.1, -0.05) is 6.07 Å². The van der Waals surface area contributed by atoms with Gasteiger partial charge in [0.05, 0.1) is 0 Å². The van der Waals surface area contributed by atoms with Crippen molar-refractivity contribution in [3.63, 3.8) is 0 Å². The number of nitrogens with one attached hydrogen (secondary N) is 1. The number of rotatable bonds is 3. The van der Waals surface area contributed by atoms with Crippen LogP contribution in [0.2, 0.25) is 0 Å². The van der Waals surface area contributed by atoms with Crippen molar-refractivity contribution in [3.8, 4) is 0 Å². The van der Waals surface area contributed by atoms with E-state index in [1.54, 1.807) is 6.07 Å². The summed E-state index contributed by atoms with van der Waals surface area (Å²) in [7, 11) is 0. The monoisotopic (exact) mass is 239 g/mol. The van der Waals surface area contributed by atoms with Crippen LogP contribution >= 0.6 is 11.8 Å². The maximum atomic E-state index is 13.6. The molecule has 0 saturated carbocycles. The van der Waals surface area contributed by atoms with Crippen LogP contribution in [0.3, 0.4) is 0 Å². The minimum atomic E-state index is -0.0752. The number of hydrogen-bond acceptors (Lipinski definition) is 2. The van der Waals surface area contributed by atoms with E-state index >= 15 is 0 Å². The van der Waals surface area contributed by atoms with Crippen LogP contribution in [-0.2, 0) is 6.42 Å². The molecule has 1 atom stereocenters. The first-order valence-electron chi connectivity index (χ1n) is 5.82. The number of hydrogen-bond donors (Lipinski definition) is 1. The van der Waals surface area contributed by atoms with Gasteiger partial charge in [0.15, 0.2) is 0 Å². The Balaban J connectivity index is 2.01. The van der Waals surface area contributed by atoms with Crippen LogP contribution in [0.25, 0.3) is 0 Å². The molecular formula is C13H18FNS. The van der Waals surface area contributed by atoms with Gasteiger partial charge in [-0.15, -0.1) is 11.8 Å². The van der Waals surface area contributed by atoms with Gasteiger partial charge in [0, 0.05) is 4.90 Å². The minimum Gasteiger partial charge on any atom is -0.316 e. The molecule has 1 aliphatic rings. The molecule has 0 radical (unpaired) electrons. The second-order valence-electron chi connectivity index (χ2n) is 4.39. The lowest BCUT2D eigenvalue weighted by Gasteiger charge is -2.22. The van der Waals surface area contributed by atoms with Gasteiger partial charge in [0.1, 0.15) is 5.82 Å². The lowest BCUT2D eigenvalue weighted by Crippen LogP contribution is -2.30. The van der Waals surface area contributed by atoms with Gasteiger partial charge in [-0.25, -0.2) is 4.39 Å². The van der Waals surface area contributed by atoms with Crippen LogP contribution < -0.4 is 5.32 Å². The lowest BCUT2D eigenvalue weighted by molar-refractivity contribution is 0.375. The minimum absolute atomic E-state index is 0.0752. The van der Waals surface area contributed by atoms with Crippen molar-refractivity contribution in [1.82, 2.24) is 5.32 Å². The van der Waals surface area contributed by atoms with Crippen LogP contribution in [0.4, 0.5) is 4.39 Å². The molecule has 1 aromatic rings. The highest BCUT2D eigenvalue weighted by Gasteiger charge is 2.14. The van der Waals surface area contributed by atoms with Crippen molar-refractivity contribution in [3.05, 3.63) is 29.6 Å². The average molecular weight is 239 g/mol. The number of thioether (sulfide) groups is 1. The number of piperidine rings is 1. The summed E-state index contributed by atoms with van der Waals surface area (Å²) < 4.78 is 13.6. The standard InChI is InChI=1S/C13H18FNS/c1-16-13-5-4-10(8-12(13)14)7-11-3-2-6-15-9-11/h4-5,8,11,15H,2-3,6-7,9H2,1H3. The van der Waals surface area contributed by atoms with E-state index in [4.69, 9.17) is 0 Å². The Hall–Kier alpha value is -0.540. The van der Waals surface area contributed by atoms with Crippen molar-refractivity contribution in [1.29, 1.82) is 0 Å². The van der Waals surface area contributed by atoms with E-state index in [1.807, 2.05) is 12.3 Å². The summed E-state index contributed by atoms with van der Waals surface area (Å²) >= 11 is 1.46. The molecule has 2 rings (SSSR count). The molecule has 0 bridgehead atoms. The van der Waals surface area contributed by atoms with E-state index in [2.05, 4.69) is 11.4 Å². The largest absolute Gasteiger partial charge is 0.316 e. The number of benzene rings is 1. The van der Waals surface area contributed by atoms with Gasteiger partial charge < -0.3 is 5.32 Å². The molecule has 1 unspecified atom stereocenters. The molecule has 16 heavy (non-hydrogen) atoms. The van der Waals surface area contributed by atoms with Gasteiger partial charge in [-0.2, -0.15) is 0 Å². The van der Waals surface area contributed by atoms with Crippen molar-refractivity contribution >= 4 is 11.8 Å². The Morgan fingerprint density at radius 2 is 2.38 bits per heavy atom. The molecule has 1 N–H and O–H groups in total. The fourth-order valence-corrected chi connectivity index (χ4v) is 2.73. The summed E-state index contributed by atoms with van der Waals surface area (Å²) in [6, 6.07) is 5.65. The molecule has 1 aromatic carbocycles. The summed E-state index contributed by atoms with van der Waals surface area (Å²) in [5, 5.41) is 3.39. The highest BCUT2D eigenvalue weighted by Crippen LogP contribution is 2.22. The quantitative estimate of drug-likeness (QED) is 0.814. The zero-order valence-corrected chi connectivity index (χ0v) is 10.4. The Labute approximate surface area is 101 Å². The molecule has 1 aliphatic heterocycles. The van der Waals surface area contributed by atoms with E-state index < -0.39 is 0 Å². The Morgan fingerprint density at radius 3 is 3.00 bits per heavy atom. The van der Waals surface area contributed by atoms with Crippen LogP contribution in [0.15, 0.2) is 23.1 Å². The third kappa shape index (κ3) is 2.98. The summed E-state index contributed by atoms with van der Waals surface area (Å²) in [5.41, 5.74) is 1.13. The maximum absolute atomic E-state index is 13.6. The molecule has 0 amide bonds. The van der Waals surface area contributed by atoms with E-state index in [1.165, 1.54) is 24.6 Å². The lowest BCUT2D eigenvalue weighted by atomic mass is 9.92. The summed E-state index contributed by atoms with van der Waals surface area (Å²) in [4.78, 5) is 0.741. The van der Waals surface area contributed by atoms with Crippen molar-refractivity contribution in [2.45, 2.75) is 24.2 Å². The second-order valence-corrected chi connectivity index (χ2v) is 5.23. The Bertz CT molecular complexity index is 348. The third-order valence-corrected chi connectivity index (χ3v) is 3.91. The summed E-state index contributed by atoms with van der Waals surface area (Å²) in [6.45, 7) is 2.21. The van der Waals surface area contributed by atoms with E-state index in [9.17, 15) is 4.39 Å². The molecule has 0 aromatic heterocycles. The third-order valence-electron chi connectivity index (χ3n) is 3.14. The van der Waals surface area contributed by atoms with Crippen molar-refractivity contribution in [2.24, 2.45) is 5.92 Å². The fraction of sp³-hybridized carbons (Fsp3) is 0.538. The van der Waals surface area contributed by atoms with E-state index in [0.717, 1.165) is 30.0 Å². The predicted octanol–water partition coefficient (Wildman–Crippen LogP) is 3.09. The second kappa shape index (κ2) is 5.69. The van der Waals surface area contributed by atoms with Crippen LogP contribution in [0, 0.1) is 11.7 Å². The first kappa shape index (κ1) is 11.9. The van der Waals surface area contributed by atoms with Gasteiger partial charge in [-0.3, -0.25) is 0 Å². The van der Waals surface area contributed by atoms with Crippen molar-refractivity contribution < 1.29 is 4.39 Å². The molecular weight excluding hydrogens is 221 g/mol. The Kier molecular flexibility index (Phi) is 4.24. The van der Waals surface area contributed by atoms with Crippen molar-refractivity contribution in [2.75, 3.05) is 19.3 Å². The van der Waals surface area contributed by atoms with E-state index in [-0.39, 0.29) is 5.82 Å². The molecule has 0 aliphatic carbocycles. The smallest absolute Gasteiger partial charge is 0.137 e. The van der Waals surface area contributed by atoms with E-state index in [0.29, 0.717) is 5.92 Å². The molecule has 0 spiro atoms. The first-order chi connectivity index (χ1) is 7.79. The summed E-state index contributed by atoms with van der Waals surface area (Å²) in [6.07, 6.45) is 5.41. The zero-order valence-electron chi connectivity index (χ0n) is 9.63. The Morgan fingerprint density at radius 1 is 1.50 bits per heavy atom.